The van der Waals surface area contributed by atoms with E-state index in [9.17, 15) is 9.59 Å². The Morgan fingerprint density at radius 3 is 2.16 bits per heavy atom. The summed E-state index contributed by atoms with van der Waals surface area (Å²) in [6, 6.07) is 0.0338. The fourth-order valence-electron chi connectivity index (χ4n) is 6.69. The van der Waals surface area contributed by atoms with Crippen molar-refractivity contribution in [3.8, 4) is 0 Å². The molecule has 3 aliphatic rings. The highest BCUT2D eigenvalue weighted by atomic mass is 16.5. The summed E-state index contributed by atoms with van der Waals surface area (Å²) in [5.41, 5.74) is 14.2. The van der Waals surface area contributed by atoms with Gasteiger partial charge in [0.1, 0.15) is 0 Å². The second-order valence-electron chi connectivity index (χ2n) is 11.7. The molecule has 44 heavy (non-hydrogen) atoms. The first-order valence-corrected chi connectivity index (χ1v) is 15.5. The summed E-state index contributed by atoms with van der Waals surface area (Å²) in [6.45, 7) is 12.9. The van der Waals surface area contributed by atoms with Crippen molar-refractivity contribution in [1.82, 2.24) is 15.3 Å². The smallest absolute Gasteiger partial charge is 0.305 e. The van der Waals surface area contributed by atoms with E-state index in [0.29, 0.717) is 12.8 Å². The zero-order chi connectivity index (χ0) is 31.7. The van der Waals surface area contributed by atoms with Gasteiger partial charge >= 0.3 is 11.9 Å². The van der Waals surface area contributed by atoms with Crippen LogP contribution in [0.3, 0.4) is 0 Å². The Labute approximate surface area is 259 Å². The summed E-state index contributed by atoms with van der Waals surface area (Å²) >= 11 is 0. The largest absolute Gasteiger partial charge is 0.469 e. The molecular weight excluding hydrogens is 552 g/mol. The maximum absolute atomic E-state index is 12.2. The number of nitrogens with zero attached hydrogens (tertiary/aromatic N) is 1. The van der Waals surface area contributed by atoms with Crippen molar-refractivity contribution in [3.63, 3.8) is 0 Å². The maximum Gasteiger partial charge on any atom is 0.305 e. The minimum Gasteiger partial charge on any atom is -0.469 e. The van der Waals surface area contributed by atoms with Crippen LogP contribution in [-0.2, 0) is 31.9 Å². The fourth-order valence-corrected chi connectivity index (χ4v) is 6.69. The number of carbonyl (C=O) groups excluding carboxylic acids is 2. The molecule has 0 saturated carbocycles. The van der Waals surface area contributed by atoms with E-state index in [2.05, 4.69) is 81.1 Å². The van der Waals surface area contributed by atoms with Gasteiger partial charge in [-0.25, -0.2) is 4.99 Å². The predicted octanol–water partition coefficient (Wildman–Crippen LogP) is 5.01. The highest BCUT2D eigenvalue weighted by molar-refractivity contribution is 6.23. The van der Waals surface area contributed by atoms with E-state index in [1.54, 1.807) is 0 Å². The quantitative estimate of drug-likeness (QED) is 0.372. The van der Waals surface area contributed by atoms with Gasteiger partial charge in [-0.15, -0.1) is 0 Å². The molecule has 0 fully saturated rings. The molecule has 0 amide bonds. The summed E-state index contributed by atoms with van der Waals surface area (Å²) in [5, 5.41) is 5.71. The molecule has 0 spiro atoms. The average Bonchev–Trinajstić information content (AvgIpc) is 3.67. The van der Waals surface area contributed by atoms with E-state index in [0.717, 1.165) is 74.3 Å². The van der Waals surface area contributed by atoms with E-state index < -0.39 is 0 Å². The molecule has 232 valence electrons. The van der Waals surface area contributed by atoms with Gasteiger partial charge in [0.2, 0.25) is 0 Å². The van der Waals surface area contributed by atoms with Crippen molar-refractivity contribution in [3.05, 3.63) is 78.0 Å². The molecule has 5 rings (SSSR count). The molecule has 3 aliphatic heterocycles. The molecule has 0 aliphatic carbocycles. The van der Waals surface area contributed by atoms with E-state index in [1.807, 2.05) is 0 Å². The lowest BCUT2D eigenvalue weighted by molar-refractivity contribution is -0.141. The molecule has 5 heterocycles. The number of ether oxygens (including phenoxy) is 2. The molecule has 3 N–H and O–H groups in total. The van der Waals surface area contributed by atoms with Gasteiger partial charge in [-0.05, 0) is 122 Å². The lowest BCUT2D eigenvalue weighted by Gasteiger charge is -2.10. The van der Waals surface area contributed by atoms with Gasteiger partial charge < -0.3 is 24.8 Å². The highest BCUT2D eigenvalue weighted by Crippen LogP contribution is 2.34. The van der Waals surface area contributed by atoms with E-state index in [-0.39, 0.29) is 30.8 Å². The van der Waals surface area contributed by atoms with Crippen LogP contribution < -0.4 is 16.0 Å². The molecule has 1 atom stereocenters. The lowest BCUT2D eigenvalue weighted by Crippen LogP contribution is -2.25. The van der Waals surface area contributed by atoms with Crippen LogP contribution in [0.15, 0.2) is 38.7 Å². The number of aliphatic imine (C=N–C) groups is 1. The molecule has 0 saturated heterocycles. The first kappa shape index (κ1) is 31.1. The summed E-state index contributed by atoms with van der Waals surface area (Å²) in [5.74, 6) is -0.501. The van der Waals surface area contributed by atoms with Gasteiger partial charge in [-0.2, -0.15) is 0 Å². The highest BCUT2D eigenvalue weighted by Gasteiger charge is 2.26. The molecule has 1 unspecified atom stereocenters. The van der Waals surface area contributed by atoms with Crippen molar-refractivity contribution >= 4 is 42.0 Å². The third kappa shape index (κ3) is 5.77. The normalized spacial score (nSPS) is 21.4. The van der Waals surface area contributed by atoms with E-state index >= 15 is 0 Å². The van der Waals surface area contributed by atoms with Crippen LogP contribution in [0.1, 0.15) is 87.0 Å². The predicted molar refractivity (Wildman–Crippen MR) is 176 cm³/mol. The zero-order valence-electron chi connectivity index (χ0n) is 27.2. The number of hydrogen-bond donors (Lipinski definition) is 3. The monoisotopic (exact) mass is 596 g/mol. The third-order valence-electron chi connectivity index (χ3n) is 9.39. The van der Waals surface area contributed by atoms with Crippen LogP contribution in [0.2, 0.25) is 0 Å². The Kier molecular flexibility index (Phi) is 9.00. The van der Waals surface area contributed by atoms with Gasteiger partial charge in [-0.1, -0.05) is 13.8 Å². The van der Waals surface area contributed by atoms with Gasteiger partial charge in [0.15, 0.2) is 0 Å². The first-order valence-electron chi connectivity index (χ1n) is 15.5. The topological polar surface area (TPSA) is 109 Å². The van der Waals surface area contributed by atoms with Crippen LogP contribution >= 0.6 is 0 Å². The Hall–Kier alpha value is -4.33. The van der Waals surface area contributed by atoms with Crippen LogP contribution in [0, 0.1) is 13.8 Å². The van der Waals surface area contributed by atoms with E-state index in [1.165, 1.54) is 36.5 Å². The minimum atomic E-state index is -0.255. The molecular formula is C36H44N4O4. The SMILES string of the molecule is CCC1=C(C)/C2=C/c3[nH]c(c(C)c3CC)/C=C3N=C(/C=c4\[nH]/c(c(C)c4CCC(=O)OC)=C\C1N2)C(CCC(=O)OC)=C\3C. The van der Waals surface area contributed by atoms with Crippen molar-refractivity contribution in [2.75, 3.05) is 14.2 Å². The summed E-state index contributed by atoms with van der Waals surface area (Å²) in [6.07, 6.45) is 12.1. The number of carbonyl (C=O) groups is 2. The summed E-state index contributed by atoms with van der Waals surface area (Å²) < 4.78 is 9.93. The first-order chi connectivity index (χ1) is 21.1. The Morgan fingerprint density at radius 2 is 1.50 bits per heavy atom. The molecule has 8 heteroatoms. The van der Waals surface area contributed by atoms with Crippen LogP contribution in [-0.4, -0.2) is 47.9 Å². The van der Waals surface area contributed by atoms with Crippen molar-refractivity contribution < 1.29 is 19.1 Å². The zero-order valence-corrected chi connectivity index (χ0v) is 27.2. The number of esters is 2. The molecule has 0 aromatic carbocycles. The number of hydrogen-bond acceptors (Lipinski definition) is 6. The summed E-state index contributed by atoms with van der Waals surface area (Å²) in [4.78, 5) is 36.9. The number of H-pyrrole nitrogens is 2. The third-order valence-corrected chi connectivity index (χ3v) is 9.39. The van der Waals surface area contributed by atoms with Crippen LogP contribution in [0.25, 0.3) is 24.3 Å². The second kappa shape index (κ2) is 12.7. The number of methoxy groups -OCH3 is 2. The number of rotatable bonds is 8. The number of nitrogens with one attached hydrogen (secondary N) is 3. The van der Waals surface area contributed by atoms with Crippen LogP contribution in [0.5, 0.6) is 0 Å². The van der Waals surface area contributed by atoms with Crippen molar-refractivity contribution in [2.24, 2.45) is 4.99 Å². The molecule has 8 bridgehead atoms. The number of aromatic amines is 2. The molecule has 8 nitrogen and oxygen atoms in total. The standard InChI is InChI=1S/C36H44N4O4/c1-9-23-19(3)27-15-28-21(5)25(11-13-35(41)43-7)33(39-28)18-34-26(12-14-36(42)44-8)22(6)30(40-34)17-32-24(10-2)20(4)29(38-32)16-31(23)37-27/h15-18,32,37-38,40H,9-14H2,1-8H3/b28-15-,29-16-,30-17-,34-18-. The number of allylic oxidation sites excluding steroid dienone is 3. The Morgan fingerprint density at radius 1 is 0.795 bits per heavy atom. The fraction of sp³-hybridized carbons (Fsp3) is 0.417. The molecule has 0 radical (unpaired) electrons. The van der Waals surface area contributed by atoms with Gasteiger partial charge in [-0.3, -0.25) is 9.59 Å². The Bertz CT molecular complexity index is 1810. The van der Waals surface area contributed by atoms with Gasteiger partial charge in [0.05, 0.1) is 31.7 Å². The van der Waals surface area contributed by atoms with Gasteiger partial charge in [0.25, 0.3) is 0 Å². The minimum absolute atomic E-state index is 0.0338. The van der Waals surface area contributed by atoms with Gasteiger partial charge in [0, 0.05) is 40.6 Å². The molecule has 2 aromatic rings. The second-order valence-corrected chi connectivity index (χ2v) is 11.7. The lowest BCUT2D eigenvalue weighted by atomic mass is 9.98. The van der Waals surface area contributed by atoms with Crippen LogP contribution in [0.4, 0.5) is 0 Å². The Balaban J connectivity index is 1.79. The molecule has 2 aromatic heterocycles. The van der Waals surface area contributed by atoms with Crippen molar-refractivity contribution in [2.45, 2.75) is 86.1 Å². The number of aromatic nitrogens is 2. The maximum atomic E-state index is 12.2. The number of fused-ring (bicyclic) bond motifs is 7. The van der Waals surface area contributed by atoms with Crippen molar-refractivity contribution in [1.29, 1.82) is 0 Å². The average molecular weight is 597 g/mol. The van der Waals surface area contributed by atoms with E-state index in [4.69, 9.17) is 14.5 Å². The summed E-state index contributed by atoms with van der Waals surface area (Å²) in [7, 11) is 2.84.